The van der Waals surface area contributed by atoms with Gasteiger partial charge in [-0.3, -0.25) is 14.5 Å². The van der Waals surface area contributed by atoms with E-state index in [9.17, 15) is 14.0 Å². The van der Waals surface area contributed by atoms with E-state index in [0.29, 0.717) is 11.3 Å². The summed E-state index contributed by atoms with van der Waals surface area (Å²) in [6.45, 7) is 1.99. The Balaban J connectivity index is 1.80. The maximum absolute atomic E-state index is 14.2. The molecule has 4 heteroatoms. The smallest absolute Gasteiger partial charge is 0.299 e. The van der Waals surface area contributed by atoms with Gasteiger partial charge >= 0.3 is 0 Å². The highest BCUT2D eigenvalue weighted by Crippen LogP contribution is 2.36. The zero-order valence-corrected chi connectivity index (χ0v) is 14.2. The maximum atomic E-state index is 14.2. The van der Waals surface area contributed by atoms with Crippen molar-refractivity contribution >= 4 is 17.4 Å². The lowest BCUT2D eigenvalue weighted by atomic mass is 9.99. The molecule has 0 N–H and O–H groups in total. The second-order valence-corrected chi connectivity index (χ2v) is 6.33. The number of aryl methyl sites for hydroxylation is 1. The molecule has 0 unspecified atom stereocenters. The average molecular weight is 345 g/mol. The second kappa shape index (κ2) is 6.23. The predicted octanol–water partition coefficient (Wildman–Crippen LogP) is 4.53. The van der Waals surface area contributed by atoms with E-state index in [1.165, 1.54) is 11.0 Å². The summed E-state index contributed by atoms with van der Waals surface area (Å²) in [5.74, 6) is -2.11. The predicted molar refractivity (Wildman–Crippen MR) is 98.5 cm³/mol. The number of benzene rings is 3. The molecular weight excluding hydrogens is 329 g/mol. The molecule has 128 valence electrons. The molecule has 0 saturated carbocycles. The van der Waals surface area contributed by atoms with Gasteiger partial charge in [-0.1, -0.05) is 60.7 Å². The molecule has 0 spiro atoms. The number of amides is 1. The number of Topliss-reactive ketones (excluding diaryl/α,β-unsaturated/α-hetero) is 1. The largest absolute Gasteiger partial charge is 0.300 e. The summed E-state index contributed by atoms with van der Waals surface area (Å²) in [6, 6.07) is 20.4. The van der Waals surface area contributed by atoms with Crippen molar-refractivity contribution in [3.05, 3.63) is 89.2 Å². The minimum absolute atomic E-state index is 0.118. The quantitative estimate of drug-likeness (QED) is 0.654. The van der Waals surface area contributed by atoms with Gasteiger partial charge in [-0.2, -0.15) is 0 Å². The summed E-state index contributed by atoms with van der Waals surface area (Å²) >= 11 is 0. The molecule has 0 aliphatic carbocycles. The Labute approximate surface area is 150 Å². The fourth-order valence-corrected chi connectivity index (χ4v) is 3.44. The van der Waals surface area contributed by atoms with Crippen molar-refractivity contribution in [2.45, 2.75) is 13.5 Å². The SMILES string of the molecule is Cc1ccc(F)c2c1N(Cc1ccccc1-c1ccccc1)C(=O)C2=O. The monoisotopic (exact) mass is 345 g/mol. The molecule has 0 aromatic heterocycles. The van der Waals surface area contributed by atoms with Crippen LogP contribution in [0, 0.1) is 12.7 Å². The van der Waals surface area contributed by atoms with Crippen LogP contribution in [-0.4, -0.2) is 11.7 Å². The molecular formula is C22H16FNO2. The van der Waals surface area contributed by atoms with Gasteiger partial charge in [0.1, 0.15) is 5.82 Å². The van der Waals surface area contributed by atoms with Crippen molar-refractivity contribution < 1.29 is 14.0 Å². The van der Waals surface area contributed by atoms with Crippen molar-refractivity contribution in [1.82, 2.24) is 0 Å². The topological polar surface area (TPSA) is 37.4 Å². The fourth-order valence-electron chi connectivity index (χ4n) is 3.44. The molecule has 4 rings (SSSR count). The molecule has 1 aliphatic heterocycles. The van der Waals surface area contributed by atoms with Gasteiger partial charge in [0.2, 0.25) is 0 Å². The number of nitrogens with zero attached hydrogens (tertiary/aromatic N) is 1. The van der Waals surface area contributed by atoms with E-state index in [-0.39, 0.29) is 12.1 Å². The van der Waals surface area contributed by atoms with Crippen molar-refractivity contribution in [3.8, 4) is 11.1 Å². The molecule has 3 aromatic carbocycles. The summed E-state index contributed by atoms with van der Waals surface area (Å²) in [6.07, 6.45) is 0. The first kappa shape index (κ1) is 16.2. The van der Waals surface area contributed by atoms with Crippen LogP contribution >= 0.6 is 0 Å². The number of rotatable bonds is 3. The third-order valence-corrected chi connectivity index (χ3v) is 4.70. The van der Waals surface area contributed by atoms with Crippen molar-refractivity contribution in [3.63, 3.8) is 0 Å². The Morgan fingerprint density at radius 3 is 2.35 bits per heavy atom. The minimum atomic E-state index is -0.779. The Hall–Kier alpha value is -3.27. The van der Waals surface area contributed by atoms with E-state index in [0.717, 1.165) is 16.7 Å². The van der Waals surface area contributed by atoms with Crippen LogP contribution in [0.5, 0.6) is 0 Å². The van der Waals surface area contributed by atoms with E-state index in [1.807, 2.05) is 54.6 Å². The number of hydrogen-bond acceptors (Lipinski definition) is 2. The van der Waals surface area contributed by atoms with E-state index in [4.69, 9.17) is 0 Å². The van der Waals surface area contributed by atoms with Gasteiger partial charge in [-0.15, -0.1) is 0 Å². The first-order valence-electron chi connectivity index (χ1n) is 8.36. The molecule has 1 heterocycles. The number of anilines is 1. The molecule has 0 bridgehead atoms. The highest BCUT2D eigenvalue weighted by atomic mass is 19.1. The van der Waals surface area contributed by atoms with Gasteiger partial charge in [0.15, 0.2) is 0 Å². The summed E-state index contributed by atoms with van der Waals surface area (Å²) in [5.41, 5.74) is 3.87. The van der Waals surface area contributed by atoms with E-state index in [1.54, 1.807) is 13.0 Å². The third-order valence-electron chi connectivity index (χ3n) is 4.70. The Kier molecular flexibility index (Phi) is 3.88. The van der Waals surface area contributed by atoms with Crippen LogP contribution < -0.4 is 4.90 Å². The Morgan fingerprint density at radius 1 is 0.885 bits per heavy atom. The number of halogens is 1. The fraction of sp³-hybridized carbons (Fsp3) is 0.0909. The van der Waals surface area contributed by atoms with Gasteiger partial charge in [0.05, 0.1) is 17.8 Å². The molecule has 1 aliphatic rings. The minimum Gasteiger partial charge on any atom is -0.300 e. The normalized spacial score (nSPS) is 13.2. The molecule has 3 nitrogen and oxygen atoms in total. The van der Waals surface area contributed by atoms with Crippen molar-refractivity contribution in [1.29, 1.82) is 0 Å². The first-order valence-corrected chi connectivity index (χ1v) is 8.36. The highest BCUT2D eigenvalue weighted by Gasteiger charge is 2.39. The molecule has 0 radical (unpaired) electrons. The van der Waals surface area contributed by atoms with Gasteiger partial charge in [-0.05, 0) is 35.2 Å². The molecule has 0 atom stereocenters. The number of fused-ring (bicyclic) bond motifs is 1. The number of carbonyl (C=O) groups is 2. The lowest BCUT2D eigenvalue weighted by Crippen LogP contribution is -2.29. The molecule has 0 saturated heterocycles. The van der Waals surface area contributed by atoms with Crippen LogP contribution in [0.1, 0.15) is 21.5 Å². The highest BCUT2D eigenvalue weighted by molar-refractivity contribution is 6.52. The van der Waals surface area contributed by atoms with Gasteiger partial charge in [-0.25, -0.2) is 4.39 Å². The van der Waals surface area contributed by atoms with Crippen LogP contribution in [0.15, 0.2) is 66.7 Å². The van der Waals surface area contributed by atoms with Crippen LogP contribution in [0.2, 0.25) is 0 Å². The standard InChI is InChI=1S/C22H16FNO2/c1-14-11-12-18(23)19-20(14)24(22(26)21(19)25)13-16-9-5-6-10-17(16)15-7-3-2-4-8-15/h2-12H,13H2,1H3. The van der Waals surface area contributed by atoms with Gasteiger partial charge in [0.25, 0.3) is 11.7 Å². The molecule has 26 heavy (non-hydrogen) atoms. The van der Waals surface area contributed by atoms with Crippen LogP contribution in [0.4, 0.5) is 10.1 Å². The van der Waals surface area contributed by atoms with E-state index >= 15 is 0 Å². The Morgan fingerprint density at radius 2 is 1.58 bits per heavy atom. The molecule has 3 aromatic rings. The summed E-state index contributed by atoms with van der Waals surface area (Å²) < 4.78 is 14.2. The van der Waals surface area contributed by atoms with Gasteiger partial charge in [0, 0.05) is 0 Å². The van der Waals surface area contributed by atoms with Crippen LogP contribution in [-0.2, 0) is 11.3 Å². The lowest BCUT2D eigenvalue weighted by molar-refractivity contribution is -0.114. The zero-order chi connectivity index (χ0) is 18.3. The van der Waals surface area contributed by atoms with E-state index < -0.39 is 17.5 Å². The van der Waals surface area contributed by atoms with Crippen molar-refractivity contribution in [2.24, 2.45) is 0 Å². The van der Waals surface area contributed by atoms with Crippen molar-refractivity contribution in [2.75, 3.05) is 4.90 Å². The summed E-state index contributed by atoms with van der Waals surface area (Å²) in [4.78, 5) is 26.2. The van der Waals surface area contributed by atoms with E-state index in [2.05, 4.69) is 0 Å². The molecule has 0 fully saturated rings. The van der Waals surface area contributed by atoms with Gasteiger partial charge < -0.3 is 0 Å². The van der Waals surface area contributed by atoms with Crippen LogP contribution in [0.3, 0.4) is 0 Å². The maximum Gasteiger partial charge on any atom is 0.299 e. The summed E-state index contributed by atoms with van der Waals surface area (Å²) in [5, 5.41) is 0. The second-order valence-electron chi connectivity index (χ2n) is 6.33. The zero-order valence-electron chi connectivity index (χ0n) is 14.2. The lowest BCUT2D eigenvalue weighted by Gasteiger charge is -2.20. The summed E-state index contributed by atoms with van der Waals surface area (Å²) in [7, 11) is 0. The number of ketones is 1. The first-order chi connectivity index (χ1) is 12.6. The average Bonchev–Trinajstić information content (AvgIpc) is 2.92. The Bertz CT molecular complexity index is 1030. The number of hydrogen-bond donors (Lipinski definition) is 0. The molecule has 1 amide bonds. The third kappa shape index (κ3) is 2.51. The number of carbonyl (C=O) groups excluding carboxylic acids is 2. The van der Waals surface area contributed by atoms with Crippen LogP contribution in [0.25, 0.3) is 11.1 Å².